The molecule has 19 heavy (non-hydrogen) atoms. The molecule has 2 rings (SSSR count). The molecule has 0 bridgehead atoms. The summed E-state index contributed by atoms with van der Waals surface area (Å²) in [6.07, 6.45) is 2.56. The number of phenols is 1. The average molecular weight is 259 g/mol. The molecule has 0 saturated heterocycles. The van der Waals surface area contributed by atoms with Gasteiger partial charge in [0.2, 0.25) is 0 Å². The number of rotatable bonds is 5. The molecule has 1 aromatic heterocycles. The molecule has 0 unspecified atom stereocenters. The van der Waals surface area contributed by atoms with Gasteiger partial charge in [-0.15, -0.1) is 0 Å². The highest BCUT2D eigenvalue weighted by molar-refractivity contribution is 5.45. The van der Waals surface area contributed by atoms with Gasteiger partial charge in [-0.2, -0.15) is 0 Å². The number of hydrogen-bond acceptors (Lipinski definition) is 4. The van der Waals surface area contributed by atoms with Gasteiger partial charge in [-0.05, 0) is 37.6 Å². The Morgan fingerprint density at radius 3 is 2.74 bits per heavy atom. The molecule has 0 amide bonds. The van der Waals surface area contributed by atoms with Gasteiger partial charge in [0, 0.05) is 11.8 Å². The zero-order valence-corrected chi connectivity index (χ0v) is 11.1. The second kappa shape index (κ2) is 6.09. The fraction of sp³-hybridized carbons (Fsp3) is 0.267. The lowest BCUT2D eigenvalue weighted by Gasteiger charge is -2.12. The SMILES string of the molecule is CCCOc1cccnc1Oc1cccc(O)c1C. The number of ether oxygens (including phenoxy) is 2. The Labute approximate surface area is 112 Å². The number of nitrogens with zero attached hydrogens (tertiary/aromatic N) is 1. The molecule has 4 nitrogen and oxygen atoms in total. The van der Waals surface area contributed by atoms with Crippen LogP contribution in [-0.4, -0.2) is 16.7 Å². The van der Waals surface area contributed by atoms with Crippen molar-refractivity contribution in [1.29, 1.82) is 0 Å². The van der Waals surface area contributed by atoms with E-state index in [1.54, 1.807) is 37.4 Å². The van der Waals surface area contributed by atoms with Crippen LogP contribution in [-0.2, 0) is 0 Å². The summed E-state index contributed by atoms with van der Waals surface area (Å²) in [6, 6.07) is 8.75. The van der Waals surface area contributed by atoms with E-state index in [1.807, 2.05) is 13.0 Å². The first-order valence-electron chi connectivity index (χ1n) is 6.26. The smallest absolute Gasteiger partial charge is 0.262 e. The molecular formula is C15H17NO3. The Morgan fingerprint density at radius 2 is 1.95 bits per heavy atom. The van der Waals surface area contributed by atoms with Crippen molar-refractivity contribution in [2.24, 2.45) is 0 Å². The van der Waals surface area contributed by atoms with Crippen molar-refractivity contribution in [3.8, 4) is 23.1 Å². The van der Waals surface area contributed by atoms with Gasteiger partial charge in [-0.1, -0.05) is 13.0 Å². The summed E-state index contributed by atoms with van der Waals surface area (Å²) in [5.41, 5.74) is 0.676. The van der Waals surface area contributed by atoms with Gasteiger partial charge in [-0.25, -0.2) is 4.98 Å². The summed E-state index contributed by atoms with van der Waals surface area (Å²) < 4.78 is 11.3. The lowest BCUT2D eigenvalue weighted by molar-refractivity contribution is 0.297. The Bertz CT molecular complexity index is 555. The van der Waals surface area contributed by atoms with E-state index in [9.17, 15) is 5.11 Å². The number of pyridine rings is 1. The Morgan fingerprint density at radius 1 is 1.16 bits per heavy atom. The van der Waals surface area contributed by atoms with Crippen LogP contribution in [0.1, 0.15) is 18.9 Å². The van der Waals surface area contributed by atoms with E-state index in [0.29, 0.717) is 29.5 Å². The molecule has 0 saturated carbocycles. The van der Waals surface area contributed by atoms with Crippen LogP contribution in [0.2, 0.25) is 0 Å². The Kier molecular flexibility index (Phi) is 4.23. The maximum absolute atomic E-state index is 9.66. The Hall–Kier alpha value is -2.23. The van der Waals surface area contributed by atoms with Gasteiger partial charge in [-0.3, -0.25) is 0 Å². The van der Waals surface area contributed by atoms with E-state index in [1.165, 1.54) is 0 Å². The van der Waals surface area contributed by atoms with Crippen LogP contribution in [0.15, 0.2) is 36.5 Å². The molecule has 0 fully saturated rings. The third-order valence-corrected chi connectivity index (χ3v) is 2.66. The lowest BCUT2D eigenvalue weighted by Crippen LogP contribution is -1.99. The highest BCUT2D eigenvalue weighted by Gasteiger charge is 2.10. The molecule has 1 aromatic carbocycles. The topological polar surface area (TPSA) is 51.6 Å². The average Bonchev–Trinajstić information content (AvgIpc) is 2.43. The van der Waals surface area contributed by atoms with E-state index < -0.39 is 0 Å². The van der Waals surface area contributed by atoms with Gasteiger partial charge in [0.1, 0.15) is 11.5 Å². The van der Waals surface area contributed by atoms with Gasteiger partial charge in [0.15, 0.2) is 5.75 Å². The minimum Gasteiger partial charge on any atom is -0.508 e. The van der Waals surface area contributed by atoms with Crippen LogP contribution in [0, 0.1) is 6.92 Å². The summed E-state index contributed by atoms with van der Waals surface area (Å²) in [4.78, 5) is 4.17. The molecule has 0 atom stereocenters. The monoisotopic (exact) mass is 259 g/mol. The molecule has 1 N–H and O–H groups in total. The van der Waals surface area contributed by atoms with Crippen LogP contribution in [0.5, 0.6) is 23.1 Å². The minimum atomic E-state index is 0.199. The molecule has 100 valence electrons. The quantitative estimate of drug-likeness (QED) is 0.890. The zero-order valence-electron chi connectivity index (χ0n) is 11.1. The van der Waals surface area contributed by atoms with Gasteiger partial charge >= 0.3 is 0 Å². The van der Waals surface area contributed by atoms with Gasteiger partial charge in [0.05, 0.1) is 6.61 Å². The maximum atomic E-state index is 9.66. The zero-order chi connectivity index (χ0) is 13.7. The van der Waals surface area contributed by atoms with Crippen molar-refractivity contribution >= 4 is 0 Å². The first-order chi connectivity index (χ1) is 9.22. The maximum Gasteiger partial charge on any atom is 0.262 e. The highest BCUT2D eigenvalue weighted by Crippen LogP contribution is 2.33. The van der Waals surface area contributed by atoms with E-state index >= 15 is 0 Å². The van der Waals surface area contributed by atoms with Crippen LogP contribution in [0.25, 0.3) is 0 Å². The molecule has 0 spiro atoms. The number of phenolic OH excluding ortho intramolecular Hbond substituents is 1. The summed E-state index contributed by atoms with van der Waals surface area (Å²) in [7, 11) is 0. The molecule has 0 aliphatic heterocycles. The minimum absolute atomic E-state index is 0.199. The van der Waals surface area contributed by atoms with Crippen LogP contribution in [0.4, 0.5) is 0 Å². The van der Waals surface area contributed by atoms with Gasteiger partial charge < -0.3 is 14.6 Å². The van der Waals surface area contributed by atoms with E-state index in [-0.39, 0.29) is 5.75 Å². The predicted molar refractivity (Wildman–Crippen MR) is 72.9 cm³/mol. The van der Waals surface area contributed by atoms with E-state index in [4.69, 9.17) is 9.47 Å². The number of aromatic nitrogens is 1. The van der Waals surface area contributed by atoms with Crippen molar-refractivity contribution in [2.45, 2.75) is 20.3 Å². The largest absolute Gasteiger partial charge is 0.508 e. The molecule has 1 heterocycles. The first-order valence-corrected chi connectivity index (χ1v) is 6.26. The normalized spacial score (nSPS) is 10.2. The second-order valence-corrected chi connectivity index (χ2v) is 4.16. The molecular weight excluding hydrogens is 242 g/mol. The molecule has 2 aromatic rings. The van der Waals surface area contributed by atoms with Crippen molar-refractivity contribution in [3.05, 3.63) is 42.1 Å². The van der Waals surface area contributed by atoms with Crippen molar-refractivity contribution < 1.29 is 14.6 Å². The standard InChI is InChI=1S/C15H17NO3/c1-3-10-18-14-8-5-9-16-15(14)19-13-7-4-6-12(17)11(13)2/h4-9,17H,3,10H2,1-2H3. The predicted octanol–water partition coefficient (Wildman–Crippen LogP) is 3.68. The number of aromatic hydroxyl groups is 1. The summed E-state index contributed by atoms with van der Waals surface area (Å²) in [5, 5.41) is 9.66. The van der Waals surface area contributed by atoms with Crippen molar-refractivity contribution in [2.75, 3.05) is 6.61 Å². The summed E-state index contributed by atoms with van der Waals surface area (Å²) in [6.45, 7) is 4.44. The van der Waals surface area contributed by atoms with Gasteiger partial charge in [0.25, 0.3) is 5.88 Å². The summed E-state index contributed by atoms with van der Waals surface area (Å²) in [5.74, 6) is 1.78. The molecule has 0 aliphatic carbocycles. The highest BCUT2D eigenvalue weighted by atomic mass is 16.5. The summed E-state index contributed by atoms with van der Waals surface area (Å²) >= 11 is 0. The van der Waals surface area contributed by atoms with Crippen molar-refractivity contribution in [3.63, 3.8) is 0 Å². The number of benzene rings is 1. The molecule has 4 heteroatoms. The van der Waals surface area contributed by atoms with Crippen LogP contribution in [0.3, 0.4) is 0 Å². The fourth-order valence-electron chi connectivity index (χ4n) is 1.59. The number of hydrogen-bond donors (Lipinski definition) is 1. The molecule has 0 radical (unpaired) electrons. The van der Waals surface area contributed by atoms with Crippen molar-refractivity contribution in [1.82, 2.24) is 4.98 Å². The second-order valence-electron chi connectivity index (χ2n) is 4.16. The third kappa shape index (κ3) is 3.16. The Balaban J connectivity index is 2.25. The third-order valence-electron chi connectivity index (χ3n) is 2.66. The van der Waals surface area contributed by atoms with E-state index in [0.717, 1.165) is 6.42 Å². The first kappa shape index (κ1) is 13.2. The lowest BCUT2D eigenvalue weighted by atomic mass is 10.2. The fourth-order valence-corrected chi connectivity index (χ4v) is 1.59. The molecule has 0 aliphatic rings. The van der Waals surface area contributed by atoms with Crippen LogP contribution >= 0.6 is 0 Å². The van der Waals surface area contributed by atoms with Crippen LogP contribution < -0.4 is 9.47 Å². The van der Waals surface area contributed by atoms with E-state index in [2.05, 4.69) is 4.98 Å².